The van der Waals surface area contributed by atoms with Gasteiger partial charge >= 0.3 is 0 Å². The fourth-order valence-electron chi connectivity index (χ4n) is 4.27. The van der Waals surface area contributed by atoms with Crippen LogP contribution in [0.25, 0.3) is 10.9 Å². The van der Waals surface area contributed by atoms with Crippen LogP contribution in [0.2, 0.25) is 0 Å². The number of hydrogen-bond donors (Lipinski definition) is 0. The molecule has 0 N–H and O–H groups in total. The lowest BCUT2D eigenvalue weighted by atomic mass is 10.1. The molecule has 146 valence electrons. The van der Waals surface area contributed by atoms with Crippen LogP contribution in [0.4, 0.5) is 11.5 Å². The van der Waals surface area contributed by atoms with Crippen LogP contribution in [0, 0.1) is 6.92 Å². The quantitative estimate of drug-likeness (QED) is 0.677. The van der Waals surface area contributed by atoms with Crippen molar-refractivity contribution in [1.82, 2.24) is 19.9 Å². The molecule has 0 unspecified atom stereocenters. The van der Waals surface area contributed by atoms with E-state index in [9.17, 15) is 0 Å². The van der Waals surface area contributed by atoms with Crippen LogP contribution < -0.4 is 9.80 Å². The highest BCUT2D eigenvalue weighted by atomic mass is 32.1. The minimum Gasteiger partial charge on any atom is -0.369 e. The monoisotopic (exact) mass is 394 g/mol. The average molecular weight is 395 g/mol. The molecule has 0 spiro atoms. The van der Waals surface area contributed by atoms with Crippen LogP contribution in [0.5, 0.6) is 0 Å². The van der Waals surface area contributed by atoms with Crippen molar-refractivity contribution < 1.29 is 0 Å². The fraction of sp³-hybridized carbons (Fsp3) is 0.476. The predicted molar refractivity (Wildman–Crippen MR) is 115 cm³/mol. The van der Waals surface area contributed by atoms with Gasteiger partial charge in [0.15, 0.2) is 0 Å². The lowest BCUT2D eigenvalue weighted by molar-refractivity contribution is 0.252. The summed E-state index contributed by atoms with van der Waals surface area (Å²) in [6.45, 7) is 9.57. The third kappa shape index (κ3) is 3.56. The standard InChI is InChI=1S/C21H26N6S/c1-16-22-13-18(28-16)14-25-8-10-26(11-9-25)17-4-5-20-19(12-17)21(24-15-23-20)27-6-2-3-7-27/h4-5,12-13,15H,2-3,6-11,14H2,1H3. The van der Waals surface area contributed by atoms with E-state index in [1.54, 1.807) is 6.33 Å². The van der Waals surface area contributed by atoms with Gasteiger partial charge in [0, 0.05) is 68.0 Å². The maximum Gasteiger partial charge on any atom is 0.139 e. The molecule has 2 saturated heterocycles. The van der Waals surface area contributed by atoms with Crippen LogP contribution >= 0.6 is 11.3 Å². The first kappa shape index (κ1) is 17.8. The molecule has 6 nitrogen and oxygen atoms in total. The first-order chi connectivity index (χ1) is 13.8. The Morgan fingerprint density at radius 3 is 2.50 bits per heavy atom. The molecular weight excluding hydrogens is 368 g/mol. The molecule has 0 bridgehead atoms. The molecule has 2 aromatic heterocycles. The van der Waals surface area contributed by atoms with Gasteiger partial charge in [-0.25, -0.2) is 15.0 Å². The summed E-state index contributed by atoms with van der Waals surface area (Å²) in [6, 6.07) is 6.66. The van der Waals surface area contributed by atoms with E-state index in [4.69, 9.17) is 0 Å². The number of aryl methyl sites for hydroxylation is 1. The van der Waals surface area contributed by atoms with Crippen molar-refractivity contribution in [3.05, 3.63) is 40.6 Å². The topological polar surface area (TPSA) is 48.4 Å². The molecule has 1 aromatic carbocycles. The Labute approximate surface area is 169 Å². The molecule has 2 aliphatic rings. The SMILES string of the molecule is Cc1ncc(CN2CCN(c3ccc4ncnc(N5CCCC5)c4c3)CC2)s1. The van der Waals surface area contributed by atoms with Gasteiger partial charge < -0.3 is 9.80 Å². The van der Waals surface area contributed by atoms with Crippen LogP contribution in [-0.4, -0.2) is 59.1 Å². The summed E-state index contributed by atoms with van der Waals surface area (Å²) < 4.78 is 0. The summed E-state index contributed by atoms with van der Waals surface area (Å²) >= 11 is 1.81. The second kappa shape index (κ2) is 7.64. The summed E-state index contributed by atoms with van der Waals surface area (Å²) in [6.07, 6.45) is 6.24. The lowest BCUT2D eigenvalue weighted by Gasteiger charge is -2.36. The van der Waals surface area contributed by atoms with Crippen molar-refractivity contribution >= 4 is 33.7 Å². The molecule has 5 rings (SSSR count). The third-order valence-electron chi connectivity index (χ3n) is 5.79. The lowest BCUT2D eigenvalue weighted by Crippen LogP contribution is -2.45. The zero-order valence-electron chi connectivity index (χ0n) is 16.3. The Balaban J connectivity index is 1.32. The van der Waals surface area contributed by atoms with E-state index in [0.29, 0.717) is 0 Å². The second-order valence-corrected chi connectivity index (χ2v) is 9.02. The number of anilines is 2. The van der Waals surface area contributed by atoms with Gasteiger partial charge in [0.05, 0.1) is 10.5 Å². The Hall–Kier alpha value is -2.25. The second-order valence-electron chi connectivity index (χ2n) is 7.70. The number of aromatic nitrogens is 3. The zero-order chi connectivity index (χ0) is 18.9. The summed E-state index contributed by atoms with van der Waals surface area (Å²) in [5, 5.41) is 2.34. The summed E-state index contributed by atoms with van der Waals surface area (Å²) in [5.74, 6) is 1.10. The molecule has 0 radical (unpaired) electrons. The van der Waals surface area contributed by atoms with Gasteiger partial charge in [0.1, 0.15) is 12.1 Å². The van der Waals surface area contributed by atoms with E-state index in [-0.39, 0.29) is 0 Å². The molecule has 2 fully saturated rings. The number of hydrogen-bond acceptors (Lipinski definition) is 7. The fourth-order valence-corrected chi connectivity index (χ4v) is 5.11. The smallest absolute Gasteiger partial charge is 0.139 e. The van der Waals surface area contributed by atoms with Gasteiger partial charge in [-0.1, -0.05) is 0 Å². The molecule has 0 atom stereocenters. The molecule has 0 amide bonds. The molecule has 4 heterocycles. The van der Waals surface area contributed by atoms with E-state index >= 15 is 0 Å². The average Bonchev–Trinajstić information content (AvgIpc) is 3.40. The molecule has 3 aromatic rings. The predicted octanol–water partition coefficient (Wildman–Crippen LogP) is 3.32. The first-order valence-electron chi connectivity index (χ1n) is 10.1. The normalized spacial score (nSPS) is 18.3. The maximum absolute atomic E-state index is 4.62. The van der Waals surface area contributed by atoms with Crippen LogP contribution in [0.1, 0.15) is 22.7 Å². The highest BCUT2D eigenvalue weighted by Crippen LogP contribution is 2.30. The van der Waals surface area contributed by atoms with E-state index in [2.05, 4.69) is 54.8 Å². The Kier molecular flexibility index (Phi) is 4.86. The van der Waals surface area contributed by atoms with Crippen LogP contribution in [-0.2, 0) is 6.54 Å². The van der Waals surface area contributed by atoms with Crippen molar-refractivity contribution in [2.24, 2.45) is 0 Å². The van der Waals surface area contributed by atoms with Crippen molar-refractivity contribution in [1.29, 1.82) is 0 Å². The van der Waals surface area contributed by atoms with Crippen LogP contribution in [0.3, 0.4) is 0 Å². The summed E-state index contributed by atoms with van der Waals surface area (Å²) in [5.41, 5.74) is 2.33. The van der Waals surface area contributed by atoms with Gasteiger partial charge in [-0.05, 0) is 38.0 Å². The summed E-state index contributed by atoms with van der Waals surface area (Å²) in [7, 11) is 0. The Bertz CT molecular complexity index is 956. The van der Waals surface area contributed by atoms with Gasteiger partial charge in [-0.2, -0.15) is 0 Å². The van der Waals surface area contributed by atoms with E-state index in [1.165, 1.54) is 28.8 Å². The largest absolute Gasteiger partial charge is 0.369 e. The molecule has 0 saturated carbocycles. The van der Waals surface area contributed by atoms with Crippen molar-refractivity contribution in [3.8, 4) is 0 Å². The van der Waals surface area contributed by atoms with Crippen LogP contribution in [0.15, 0.2) is 30.7 Å². The van der Waals surface area contributed by atoms with Gasteiger partial charge in [0.25, 0.3) is 0 Å². The highest BCUT2D eigenvalue weighted by Gasteiger charge is 2.20. The van der Waals surface area contributed by atoms with Gasteiger partial charge in [-0.3, -0.25) is 4.90 Å². The number of nitrogens with zero attached hydrogens (tertiary/aromatic N) is 6. The Morgan fingerprint density at radius 2 is 1.75 bits per heavy atom. The molecular formula is C21H26N6S. The number of thiazole rings is 1. The van der Waals surface area contributed by atoms with Crippen molar-refractivity contribution in [2.45, 2.75) is 26.3 Å². The highest BCUT2D eigenvalue weighted by molar-refractivity contribution is 7.11. The maximum atomic E-state index is 4.62. The minimum absolute atomic E-state index is 1.02. The number of benzene rings is 1. The number of piperazine rings is 1. The summed E-state index contributed by atoms with van der Waals surface area (Å²) in [4.78, 5) is 22.3. The third-order valence-corrected chi connectivity index (χ3v) is 6.69. The number of rotatable bonds is 4. The van der Waals surface area contributed by atoms with Crippen molar-refractivity contribution in [2.75, 3.05) is 49.1 Å². The first-order valence-corrected chi connectivity index (χ1v) is 11.0. The Morgan fingerprint density at radius 1 is 0.929 bits per heavy atom. The van der Waals surface area contributed by atoms with Gasteiger partial charge in [-0.15, -0.1) is 11.3 Å². The van der Waals surface area contributed by atoms with Crippen molar-refractivity contribution in [3.63, 3.8) is 0 Å². The zero-order valence-corrected chi connectivity index (χ0v) is 17.2. The molecule has 7 heteroatoms. The number of fused-ring (bicyclic) bond motifs is 1. The van der Waals surface area contributed by atoms with E-state index < -0.39 is 0 Å². The van der Waals surface area contributed by atoms with E-state index in [0.717, 1.165) is 62.2 Å². The molecule has 0 aliphatic carbocycles. The van der Waals surface area contributed by atoms with E-state index in [1.807, 2.05) is 17.5 Å². The minimum atomic E-state index is 1.02. The molecule has 2 aliphatic heterocycles. The van der Waals surface area contributed by atoms with Gasteiger partial charge in [0.2, 0.25) is 0 Å². The molecule has 28 heavy (non-hydrogen) atoms.